The van der Waals surface area contributed by atoms with Crippen LogP contribution in [-0.2, 0) is 5.41 Å². The van der Waals surface area contributed by atoms with Crippen molar-refractivity contribution < 1.29 is 4.42 Å². The van der Waals surface area contributed by atoms with E-state index in [-0.39, 0.29) is 0 Å². The second-order valence-corrected chi connectivity index (χ2v) is 14.7. The molecule has 0 bridgehead atoms. The number of fused-ring (bicyclic) bond motifs is 5. The normalized spacial score (nSPS) is 13.3. The smallest absolute Gasteiger partial charge is 0.136 e. The molecule has 11 aromatic rings. The minimum atomic E-state index is -0.467. The van der Waals surface area contributed by atoms with E-state index < -0.39 is 5.41 Å². The molecule has 0 amide bonds. The maximum atomic E-state index is 6.41. The predicted octanol–water partition coefficient (Wildman–Crippen LogP) is 14.2. The molecule has 0 atom stereocenters. The SMILES string of the molecule is c1ccc(C2(c3ccccc3)c3ccccc3-c3c(-c4c5ccccc5c(-c5cc6cccc7oc8cccc5c8c67)c5ccccc45)cccc32)cc1. The van der Waals surface area contributed by atoms with Crippen LogP contribution in [0.2, 0.25) is 0 Å². The van der Waals surface area contributed by atoms with Gasteiger partial charge in [0.25, 0.3) is 0 Å². The summed E-state index contributed by atoms with van der Waals surface area (Å²) in [7, 11) is 0. The van der Waals surface area contributed by atoms with Crippen LogP contribution < -0.4 is 0 Å². The van der Waals surface area contributed by atoms with Gasteiger partial charge < -0.3 is 4.42 Å². The van der Waals surface area contributed by atoms with E-state index >= 15 is 0 Å². The molecular formula is C53H32O. The second-order valence-electron chi connectivity index (χ2n) is 14.7. The minimum absolute atomic E-state index is 0.467. The van der Waals surface area contributed by atoms with Crippen molar-refractivity contribution in [3.8, 4) is 33.4 Å². The fourth-order valence-electron chi connectivity index (χ4n) is 10.1. The third kappa shape index (κ3) is 3.78. The molecule has 0 spiro atoms. The summed E-state index contributed by atoms with van der Waals surface area (Å²) in [5.74, 6) is 0. The molecule has 250 valence electrons. The maximum Gasteiger partial charge on any atom is 0.136 e. The molecule has 12 rings (SSSR count). The van der Waals surface area contributed by atoms with Gasteiger partial charge in [0.15, 0.2) is 0 Å². The molecule has 0 N–H and O–H groups in total. The standard InChI is InChI=1S/C53H32O/c1-3-17-34(18-4-1)53(35-19-5-2-6-20-35)44-28-12-11-25-41(44)51-42(27-14-29-45(51)53)49-36-21-7-9-23-38(36)50(39-24-10-8-22-37(39)49)43-32-33-16-13-30-46-48(33)52-40(43)26-15-31-47(52)54-46/h1-32H. The average molecular weight is 685 g/mol. The second kappa shape index (κ2) is 11.0. The van der Waals surface area contributed by atoms with Crippen molar-refractivity contribution in [3.63, 3.8) is 0 Å². The highest BCUT2D eigenvalue weighted by molar-refractivity contribution is 6.30. The first-order valence-corrected chi connectivity index (χ1v) is 18.8. The fraction of sp³-hybridized carbons (Fsp3) is 0.0189. The molecule has 1 aliphatic carbocycles. The Labute approximate surface area is 312 Å². The third-order valence-corrected chi connectivity index (χ3v) is 12.1. The van der Waals surface area contributed by atoms with Crippen molar-refractivity contribution in [1.29, 1.82) is 0 Å². The Balaban J connectivity index is 1.23. The lowest BCUT2D eigenvalue weighted by Gasteiger charge is -2.34. The predicted molar refractivity (Wildman–Crippen MR) is 226 cm³/mol. The van der Waals surface area contributed by atoms with Gasteiger partial charge in [0.05, 0.1) is 5.41 Å². The van der Waals surface area contributed by atoms with E-state index in [1.165, 1.54) is 98.7 Å². The first-order valence-electron chi connectivity index (χ1n) is 18.8. The van der Waals surface area contributed by atoms with Crippen LogP contribution in [-0.4, -0.2) is 0 Å². The van der Waals surface area contributed by atoms with E-state index in [1.54, 1.807) is 0 Å². The lowest BCUT2D eigenvalue weighted by molar-refractivity contribution is 0.669. The zero-order valence-corrected chi connectivity index (χ0v) is 29.4. The van der Waals surface area contributed by atoms with Crippen LogP contribution in [0.5, 0.6) is 0 Å². The summed E-state index contributed by atoms with van der Waals surface area (Å²) in [4.78, 5) is 0. The Morgan fingerprint density at radius 1 is 0.315 bits per heavy atom. The molecule has 10 aromatic carbocycles. The highest BCUT2D eigenvalue weighted by atomic mass is 16.3. The number of benzene rings is 10. The summed E-state index contributed by atoms with van der Waals surface area (Å²) in [6.07, 6.45) is 0. The molecule has 0 aliphatic heterocycles. The summed E-state index contributed by atoms with van der Waals surface area (Å²) in [5, 5.41) is 9.82. The zero-order valence-electron chi connectivity index (χ0n) is 29.4. The Hall–Kier alpha value is -6.96. The Kier molecular flexibility index (Phi) is 6.04. The minimum Gasteiger partial charge on any atom is -0.456 e. The topological polar surface area (TPSA) is 13.1 Å². The van der Waals surface area contributed by atoms with Crippen molar-refractivity contribution >= 4 is 54.3 Å². The number of hydrogen-bond acceptors (Lipinski definition) is 1. The van der Waals surface area contributed by atoms with Gasteiger partial charge >= 0.3 is 0 Å². The lowest BCUT2D eigenvalue weighted by atomic mass is 9.67. The summed E-state index contributed by atoms with van der Waals surface area (Å²) >= 11 is 0. The highest BCUT2D eigenvalue weighted by Crippen LogP contribution is 2.59. The van der Waals surface area contributed by atoms with Gasteiger partial charge in [-0.05, 0) is 106 Å². The van der Waals surface area contributed by atoms with Crippen LogP contribution in [0.3, 0.4) is 0 Å². The maximum absolute atomic E-state index is 6.41. The summed E-state index contributed by atoms with van der Waals surface area (Å²) in [6.45, 7) is 0. The van der Waals surface area contributed by atoms with Crippen molar-refractivity contribution in [2.75, 3.05) is 0 Å². The van der Waals surface area contributed by atoms with Gasteiger partial charge in [0.1, 0.15) is 11.2 Å². The molecular weight excluding hydrogens is 653 g/mol. The molecule has 0 radical (unpaired) electrons. The molecule has 1 heteroatoms. The van der Waals surface area contributed by atoms with E-state index in [0.717, 1.165) is 11.2 Å². The Morgan fingerprint density at radius 2 is 0.796 bits per heavy atom. The van der Waals surface area contributed by atoms with Gasteiger partial charge in [-0.2, -0.15) is 0 Å². The van der Waals surface area contributed by atoms with E-state index in [1.807, 2.05) is 0 Å². The lowest BCUT2D eigenvalue weighted by Crippen LogP contribution is -2.28. The van der Waals surface area contributed by atoms with Crippen LogP contribution in [0.15, 0.2) is 199 Å². The van der Waals surface area contributed by atoms with Gasteiger partial charge in [0, 0.05) is 10.8 Å². The molecule has 0 unspecified atom stereocenters. The molecule has 0 fully saturated rings. The summed E-state index contributed by atoms with van der Waals surface area (Å²) < 4.78 is 6.41. The monoisotopic (exact) mass is 684 g/mol. The van der Waals surface area contributed by atoms with Crippen LogP contribution in [0.25, 0.3) is 87.6 Å². The molecule has 1 nitrogen and oxygen atoms in total. The van der Waals surface area contributed by atoms with E-state index in [2.05, 4.69) is 194 Å². The fourth-order valence-corrected chi connectivity index (χ4v) is 10.1. The zero-order chi connectivity index (χ0) is 35.4. The molecule has 1 aromatic heterocycles. The van der Waals surface area contributed by atoms with E-state index in [9.17, 15) is 0 Å². The third-order valence-electron chi connectivity index (χ3n) is 12.1. The number of furan rings is 1. The van der Waals surface area contributed by atoms with Crippen molar-refractivity contribution in [2.45, 2.75) is 5.41 Å². The van der Waals surface area contributed by atoms with Crippen molar-refractivity contribution in [2.24, 2.45) is 0 Å². The average Bonchev–Trinajstić information content (AvgIpc) is 3.78. The van der Waals surface area contributed by atoms with Crippen LogP contribution >= 0.6 is 0 Å². The van der Waals surface area contributed by atoms with Crippen molar-refractivity contribution in [3.05, 3.63) is 216 Å². The summed E-state index contributed by atoms with van der Waals surface area (Å²) in [5.41, 5.74) is 14.2. The Morgan fingerprint density at radius 3 is 1.46 bits per heavy atom. The number of rotatable bonds is 4. The molecule has 0 saturated heterocycles. The quantitative estimate of drug-likeness (QED) is 0.133. The van der Waals surface area contributed by atoms with Gasteiger partial charge in [-0.25, -0.2) is 0 Å². The van der Waals surface area contributed by atoms with E-state index in [0.29, 0.717) is 0 Å². The number of hydrogen-bond donors (Lipinski definition) is 0. The summed E-state index contributed by atoms with van der Waals surface area (Å²) in [6, 6.07) is 71.6. The largest absolute Gasteiger partial charge is 0.456 e. The van der Waals surface area contributed by atoms with Crippen LogP contribution in [0, 0.1) is 0 Å². The first-order chi connectivity index (χ1) is 26.8. The first kappa shape index (κ1) is 29.6. The van der Waals surface area contributed by atoms with Crippen LogP contribution in [0.1, 0.15) is 22.3 Å². The molecule has 0 saturated carbocycles. The van der Waals surface area contributed by atoms with Gasteiger partial charge in [-0.3, -0.25) is 0 Å². The van der Waals surface area contributed by atoms with Crippen molar-refractivity contribution in [1.82, 2.24) is 0 Å². The molecule has 54 heavy (non-hydrogen) atoms. The highest BCUT2D eigenvalue weighted by Gasteiger charge is 2.47. The van der Waals surface area contributed by atoms with Gasteiger partial charge in [-0.1, -0.05) is 176 Å². The van der Waals surface area contributed by atoms with Crippen LogP contribution in [0.4, 0.5) is 0 Å². The molecule has 1 heterocycles. The van der Waals surface area contributed by atoms with Gasteiger partial charge in [-0.15, -0.1) is 0 Å². The Bertz CT molecular complexity index is 3160. The molecule has 1 aliphatic rings. The van der Waals surface area contributed by atoms with Gasteiger partial charge in [0.2, 0.25) is 0 Å². The van der Waals surface area contributed by atoms with E-state index in [4.69, 9.17) is 4.42 Å².